The number of nitrogens with one attached hydrogen (secondary N) is 1. The van der Waals surface area contributed by atoms with E-state index in [1.807, 2.05) is 12.1 Å². The van der Waals surface area contributed by atoms with Gasteiger partial charge in [0.15, 0.2) is 11.5 Å². The molecule has 21 heavy (non-hydrogen) atoms. The molecular weight excluding hydrogens is 292 g/mol. The topological polar surface area (TPSA) is 43.0 Å². The average molecular weight is 317 g/mol. The van der Waals surface area contributed by atoms with Crippen molar-refractivity contribution in [2.75, 3.05) is 41.5 Å². The Kier molecular flexibility index (Phi) is 7.08. The van der Waals surface area contributed by atoms with Gasteiger partial charge in [-0.05, 0) is 26.1 Å². The molecule has 1 aliphatic heterocycles. The lowest BCUT2D eigenvalue weighted by Gasteiger charge is -2.25. The van der Waals surface area contributed by atoms with Crippen molar-refractivity contribution in [1.82, 2.24) is 10.2 Å². The first-order chi connectivity index (χ1) is 9.71. The summed E-state index contributed by atoms with van der Waals surface area (Å²) in [5.41, 5.74) is 1.11. The molecule has 0 amide bonds. The third-order valence-corrected chi connectivity index (χ3v) is 3.86. The van der Waals surface area contributed by atoms with Crippen LogP contribution in [0.4, 0.5) is 0 Å². The molecule has 6 heteroatoms. The third-order valence-electron chi connectivity index (χ3n) is 3.86. The molecule has 0 saturated carbocycles. The van der Waals surface area contributed by atoms with E-state index in [4.69, 9.17) is 14.2 Å². The van der Waals surface area contributed by atoms with Gasteiger partial charge in [-0.2, -0.15) is 0 Å². The van der Waals surface area contributed by atoms with Gasteiger partial charge in [0.25, 0.3) is 0 Å². The molecule has 1 unspecified atom stereocenters. The van der Waals surface area contributed by atoms with Crippen LogP contribution in [0.3, 0.4) is 0 Å². The van der Waals surface area contributed by atoms with E-state index in [9.17, 15) is 0 Å². The van der Waals surface area contributed by atoms with Crippen molar-refractivity contribution >= 4 is 12.4 Å². The van der Waals surface area contributed by atoms with E-state index in [1.54, 1.807) is 21.3 Å². The molecule has 2 rings (SSSR count). The van der Waals surface area contributed by atoms with Gasteiger partial charge in [-0.3, -0.25) is 4.90 Å². The summed E-state index contributed by atoms with van der Waals surface area (Å²) in [5.74, 6) is 2.10. The van der Waals surface area contributed by atoms with Crippen molar-refractivity contribution in [1.29, 1.82) is 0 Å². The average Bonchev–Trinajstić information content (AvgIpc) is 3.00. The van der Waals surface area contributed by atoms with Crippen LogP contribution in [-0.4, -0.2) is 52.4 Å². The van der Waals surface area contributed by atoms with Crippen LogP contribution in [0.5, 0.6) is 17.2 Å². The Hall–Kier alpha value is -1.17. The van der Waals surface area contributed by atoms with Gasteiger partial charge in [-0.1, -0.05) is 6.07 Å². The van der Waals surface area contributed by atoms with Crippen molar-refractivity contribution in [2.45, 2.75) is 19.0 Å². The number of rotatable bonds is 6. The molecule has 0 bridgehead atoms. The Morgan fingerprint density at radius 1 is 1.14 bits per heavy atom. The first-order valence-corrected chi connectivity index (χ1v) is 6.90. The van der Waals surface area contributed by atoms with Crippen LogP contribution in [0, 0.1) is 0 Å². The maximum atomic E-state index is 5.53. The molecule has 0 spiro atoms. The number of hydrogen-bond acceptors (Lipinski definition) is 5. The number of nitrogens with zero attached hydrogens (tertiary/aromatic N) is 1. The highest BCUT2D eigenvalue weighted by atomic mass is 35.5. The lowest BCUT2D eigenvalue weighted by atomic mass is 10.1. The smallest absolute Gasteiger partial charge is 0.203 e. The molecular formula is C15H25ClN2O3. The highest BCUT2D eigenvalue weighted by Gasteiger charge is 2.22. The summed E-state index contributed by atoms with van der Waals surface area (Å²) in [6.07, 6.45) is 1.19. The minimum atomic E-state index is 0. The van der Waals surface area contributed by atoms with Crippen molar-refractivity contribution in [3.8, 4) is 17.2 Å². The Bertz CT molecular complexity index is 451. The number of ether oxygens (including phenoxy) is 3. The summed E-state index contributed by atoms with van der Waals surface area (Å²) in [5, 5.41) is 3.39. The summed E-state index contributed by atoms with van der Waals surface area (Å²) in [6, 6.07) is 4.55. The maximum absolute atomic E-state index is 5.53. The monoisotopic (exact) mass is 316 g/mol. The predicted molar refractivity (Wildman–Crippen MR) is 86.1 cm³/mol. The van der Waals surface area contributed by atoms with Crippen LogP contribution in [0.15, 0.2) is 12.1 Å². The number of likely N-dealkylation sites (N-methyl/N-ethyl adjacent to an activating group) is 1. The molecule has 1 heterocycles. The van der Waals surface area contributed by atoms with Gasteiger partial charge in [0.2, 0.25) is 5.75 Å². The quantitative estimate of drug-likeness (QED) is 0.868. The molecule has 120 valence electrons. The lowest BCUT2D eigenvalue weighted by molar-refractivity contribution is 0.243. The van der Waals surface area contributed by atoms with Crippen molar-refractivity contribution < 1.29 is 14.2 Å². The van der Waals surface area contributed by atoms with Gasteiger partial charge in [0.05, 0.1) is 21.3 Å². The second kappa shape index (κ2) is 8.32. The van der Waals surface area contributed by atoms with Crippen LogP contribution < -0.4 is 19.5 Å². The molecule has 1 saturated heterocycles. The number of halogens is 1. The zero-order chi connectivity index (χ0) is 14.5. The SMILES string of the molecule is COc1ccc(CN(C)C2CCNC2)c(OC)c1OC.Cl. The molecule has 1 N–H and O–H groups in total. The fourth-order valence-electron chi connectivity index (χ4n) is 2.70. The minimum Gasteiger partial charge on any atom is -0.493 e. The number of benzene rings is 1. The normalized spacial score (nSPS) is 17.5. The standard InChI is InChI=1S/C15H24N2O3.ClH/c1-17(12-7-8-16-9-12)10-11-5-6-13(18-2)15(20-4)14(11)19-3;/h5-6,12,16H,7-10H2,1-4H3;1H. The van der Waals surface area contributed by atoms with Crippen LogP contribution in [-0.2, 0) is 6.54 Å². The van der Waals surface area contributed by atoms with Crippen LogP contribution in [0.25, 0.3) is 0 Å². The maximum Gasteiger partial charge on any atom is 0.203 e. The highest BCUT2D eigenvalue weighted by molar-refractivity contribution is 5.85. The van der Waals surface area contributed by atoms with E-state index in [-0.39, 0.29) is 12.4 Å². The van der Waals surface area contributed by atoms with E-state index >= 15 is 0 Å². The van der Waals surface area contributed by atoms with E-state index in [0.29, 0.717) is 17.5 Å². The number of hydrogen-bond donors (Lipinski definition) is 1. The van der Waals surface area contributed by atoms with E-state index in [2.05, 4.69) is 17.3 Å². The van der Waals surface area contributed by atoms with Crippen molar-refractivity contribution in [2.24, 2.45) is 0 Å². The van der Waals surface area contributed by atoms with Gasteiger partial charge in [-0.25, -0.2) is 0 Å². The Labute approximate surface area is 133 Å². The van der Waals surface area contributed by atoms with E-state index < -0.39 is 0 Å². The van der Waals surface area contributed by atoms with E-state index in [0.717, 1.165) is 30.9 Å². The summed E-state index contributed by atoms with van der Waals surface area (Å²) in [4.78, 5) is 2.35. The fourth-order valence-corrected chi connectivity index (χ4v) is 2.70. The van der Waals surface area contributed by atoms with Gasteiger partial charge in [0, 0.05) is 24.7 Å². The molecule has 0 aromatic heterocycles. The van der Waals surface area contributed by atoms with Gasteiger partial charge in [0.1, 0.15) is 0 Å². The molecule has 1 fully saturated rings. The molecule has 1 atom stereocenters. The number of methoxy groups -OCH3 is 3. The first-order valence-electron chi connectivity index (χ1n) is 6.90. The zero-order valence-corrected chi connectivity index (χ0v) is 14.0. The van der Waals surface area contributed by atoms with Crippen LogP contribution in [0.2, 0.25) is 0 Å². The minimum absolute atomic E-state index is 0. The van der Waals surface area contributed by atoms with Crippen molar-refractivity contribution in [3.05, 3.63) is 17.7 Å². The highest BCUT2D eigenvalue weighted by Crippen LogP contribution is 2.40. The van der Waals surface area contributed by atoms with E-state index in [1.165, 1.54) is 6.42 Å². The largest absolute Gasteiger partial charge is 0.493 e. The second-order valence-corrected chi connectivity index (χ2v) is 5.06. The van der Waals surface area contributed by atoms with Gasteiger partial charge < -0.3 is 19.5 Å². The zero-order valence-electron chi connectivity index (χ0n) is 13.1. The summed E-state index contributed by atoms with van der Waals surface area (Å²) in [6.45, 7) is 2.97. The summed E-state index contributed by atoms with van der Waals surface area (Å²) < 4.78 is 16.3. The summed E-state index contributed by atoms with van der Waals surface area (Å²) >= 11 is 0. The third kappa shape index (κ3) is 3.93. The van der Waals surface area contributed by atoms with Gasteiger partial charge in [-0.15, -0.1) is 12.4 Å². The fraction of sp³-hybridized carbons (Fsp3) is 0.600. The first kappa shape index (κ1) is 17.9. The molecule has 1 aromatic rings. The predicted octanol–water partition coefficient (Wildman–Crippen LogP) is 1.93. The molecule has 0 radical (unpaired) electrons. The lowest BCUT2D eigenvalue weighted by Crippen LogP contribution is -2.33. The second-order valence-electron chi connectivity index (χ2n) is 5.06. The molecule has 1 aromatic carbocycles. The van der Waals surface area contributed by atoms with Crippen molar-refractivity contribution in [3.63, 3.8) is 0 Å². The van der Waals surface area contributed by atoms with Crippen LogP contribution in [0.1, 0.15) is 12.0 Å². The van der Waals surface area contributed by atoms with Crippen LogP contribution >= 0.6 is 12.4 Å². The summed E-state index contributed by atoms with van der Waals surface area (Å²) in [7, 11) is 7.08. The molecule has 1 aliphatic rings. The Morgan fingerprint density at radius 2 is 1.86 bits per heavy atom. The Balaban J connectivity index is 0.00000220. The van der Waals surface area contributed by atoms with Gasteiger partial charge >= 0.3 is 0 Å². The Morgan fingerprint density at radius 3 is 2.38 bits per heavy atom. The molecule has 0 aliphatic carbocycles. The molecule has 5 nitrogen and oxygen atoms in total.